The number of nitrogens with one attached hydrogen (secondary N) is 1. The zero-order valence-electron chi connectivity index (χ0n) is 10.7. The molecule has 1 aliphatic heterocycles. The number of carbonyl (C=O) groups is 1. The summed E-state index contributed by atoms with van der Waals surface area (Å²) >= 11 is 0. The number of carbonyl (C=O) groups excluding carboxylic acids is 1. The summed E-state index contributed by atoms with van der Waals surface area (Å²) in [6, 6.07) is 6.65. The molecular formula is C12H14N6O. The Bertz CT molecular complexity index is 574. The zero-order valence-corrected chi connectivity index (χ0v) is 10.7. The van der Waals surface area contributed by atoms with Crippen molar-refractivity contribution in [3.8, 4) is 0 Å². The average Bonchev–Trinajstić information content (AvgIpc) is 2.65. The summed E-state index contributed by atoms with van der Waals surface area (Å²) in [4.78, 5) is 11.9. The van der Waals surface area contributed by atoms with Gasteiger partial charge in [-0.2, -0.15) is 20.3 Å². The maximum Gasteiger partial charge on any atom is 0.282 e. The van der Waals surface area contributed by atoms with Gasteiger partial charge in [-0.05, 0) is 26.0 Å². The van der Waals surface area contributed by atoms with Crippen molar-refractivity contribution in [2.24, 2.45) is 21.1 Å². The summed E-state index contributed by atoms with van der Waals surface area (Å²) in [5.41, 5.74) is 7.50. The Hall–Kier alpha value is -2.57. The van der Waals surface area contributed by atoms with Crippen LogP contribution in [0.4, 0.5) is 5.69 Å². The molecule has 0 aliphatic carbocycles. The van der Waals surface area contributed by atoms with Gasteiger partial charge in [0.2, 0.25) is 5.96 Å². The number of amides is 1. The molecule has 0 aromatic heterocycles. The molecule has 3 N–H and O–H groups in total. The maximum absolute atomic E-state index is 11.9. The second kappa shape index (κ2) is 4.97. The molecule has 98 valence electrons. The highest BCUT2D eigenvalue weighted by atomic mass is 16.2. The number of nitrogens with two attached hydrogens (primary N) is 1. The Labute approximate surface area is 110 Å². The van der Waals surface area contributed by atoms with E-state index in [0.29, 0.717) is 11.4 Å². The topological polar surface area (TPSA) is 107 Å². The van der Waals surface area contributed by atoms with E-state index in [1.54, 1.807) is 6.92 Å². The molecule has 1 heterocycles. The number of hydrogen-bond donors (Lipinski definition) is 2. The van der Waals surface area contributed by atoms with Crippen molar-refractivity contribution >= 4 is 23.3 Å². The van der Waals surface area contributed by atoms with E-state index < -0.39 is 17.9 Å². The first-order chi connectivity index (χ1) is 8.99. The summed E-state index contributed by atoms with van der Waals surface area (Å²) in [5, 5.41) is 19.9. The van der Waals surface area contributed by atoms with Crippen LogP contribution in [0.3, 0.4) is 0 Å². The van der Waals surface area contributed by atoms with E-state index in [0.717, 1.165) is 10.6 Å². The first kappa shape index (κ1) is 12.9. The van der Waals surface area contributed by atoms with Crippen LogP contribution in [-0.4, -0.2) is 28.6 Å². The summed E-state index contributed by atoms with van der Waals surface area (Å²) in [5.74, 6) is -0.877. The van der Waals surface area contributed by atoms with Crippen molar-refractivity contribution in [3.63, 3.8) is 0 Å². The van der Waals surface area contributed by atoms with E-state index >= 15 is 0 Å². The zero-order chi connectivity index (χ0) is 14.0. The molecule has 1 aliphatic rings. The van der Waals surface area contributed by atoms with Gasteiger partial charge >= 0.3 is 0 Å². The van der Waals surface area contributed by atoms with Crippen LogP contribution in [0.2, 0.25) is 0 Å². The third-order valence-corrected chi connectivity index (χ3v) is 2.65. The third kappa shape index (κ3) is 2.65. The lowest BCUT2D eigenvalue weighted by molar-refractivity contribution is -0.126. The van der Waals surface area contributed by atoms with E-state index in [-0.39, 0.29) is 0 Å². The predicted molar refractivity (Wildman–Crippen MR) is 71.4 cm³/mol. The molecule has 7 nitrogen and oxygen atoms in total. The van der Waals surface area contributed by atoms with Crippen molar-refractivity contribution < 1.29 is 4.79 Å². The van der Waals surface area contributed by atoms with Gasteiger partial charge in [0.25, 0.3) is 5.91 Å². The van der Waals surface area contributed by atoms with Crippen LogP contribution in [0.15, 0.2) is 39.6 Å². The molecule has 7 heteroatoms. The third-order valence-electron chi connectivity index (χ3n) is 2.65. The van der Waals surface area contributed by atoms with Gasteiger partial charge in [0.05, 0.1) is 11.4 Å². The van der Waals surface area contributed by atoms with Crippen LogP contribution < -0.4 is 5.73 Å². The van der Waals surface area contributed by atoms with Crippen molar-refractivity contribution in [2.45, 2.75) is 19.9 Å². The van der Waals surface area contributed by atoms with Gasteiger partial charge in [0, 0.05) is 0 Å². The number of nitrogens with zero attached hydrogens (tertiary/aromatic N) is 4. The molecule has 0 fully saturated rings. The first-order valence-corrected chi connectivity index (χ1v) is 5.69. The smallest absolute Gasteiger partial charge is 0.282 e. The van der Waals surface area contributed by atoms with Gasteiger partial charge in [-0.25, -0.2) is 0 Å². The monoisotopic (exact) mass is 258 g/mol. The van der Waals surface area contributed by atoms with Crippen LogP contribution >= 0.6 is 0 Å². The normalized spacial score (nSPS) is 19.1. The molecule has 0 radical (unpaired) electrons. The number of hydrogen-bond acceptors (Lipinski definition) is 5. The SMILES string of the molecule is CC1=NN(C(=N)N)C(=O)C1N=Nc1ccc(C)cc1. The van der Waals surface area contributed by atoms with Gasteiger partial charge in [-0.1, -0.05) is 17.7 Å². The molecule has 1 unspecified atom stereocenters. The highest BCUT2D eigenvalue weighted by Crippen LogP contribution is 2.17. The van der Waals surface area contributed by atoms with E-state index in [4.69, 9.17) is 11.1 Å². The fourth-order valence-electron chi connectivity index (χ4n) is 1.60. The number of rotatable bonds is 2. The van der Waals surface area contributed by atoms with Crippen molar-refractivity contribution in [3.05, 3.63) is 29.8 Å². The molecule has 0 spiro atoms. The Morgan fingerprint density at radius 1 is 1.37 bits per heavy atom. The van der Waals surface area contributed by atoms with E-state index in [1.807, 2.05) is 31.2 Å². The van der Waals surface area contributed by atoms with E-state index in [1.165, 1.54) is 0 Å². The van der Waals surface area contributed by atoms with Crippen LogP contribution in [0.25, 0.3) is 0 Å². The fourth-order valence-corrected chi connectivity index (χ4v) is 1.60. The number of guanidine groups is 1. The Kier molecular flexibility index (Phi) is 3.37. The average molecular weight is 258 g/mol. The Balaban J connectivity index is 2.16. The number of aryl methyl sites for hydroxylation is 1. The van der Waals surface area contributed by atoms with Crippen molar-refractivity contribution in [1.82, 2.24) is 5.01 Å². The van der Waals surface area contributed by atoms with Crippen LogP contribution in [0.1, 0.15) is 12.5 Å². The lowest BCUT2D eigenvalue weighted by atomic mass is 10.2. The molecule has 1 atom stereocenters. The molecule has 0 saturated heterocycles. The summed E-state index contributed by atoms with van der Waals surface area (Å²) in [7, 11) is 0. The number of azo groups is 1. The van der Waals surface area contributed by atoms with Gasteiger partial charge in [-0.15, -0.1) is 0 Å². The van der Waals surface area contributed by atoms with Gasteiger partial charge < -0.3 is 5.73 Å². The molecule has 2 rings (SSSR count). The predicted octanol–water partition coefficient (Wildman–Crippen LogP) is 1.56. The summed E-state index contributed by atoms with van der Waals surface area (Å²) in [6.07, 6.45) is 0. The minimum atomic E-state index is -0.801. The molecule has 1 aromatic carbocycles. The second-order valence-corrected chi connectivity index (χ2v) is 4.23. The van der Waals surface area contributed by atoms with Gasteiger partial charge in [-0.3, -0.25) is 10.2 Å². The van der Waals surface area contributed by atoms with E-state index in [2.05, 4.69) is 15.3 Å². The van der Waals surface area contributed by atoms with Crippen molar-refractivity contribution in [2.75, 3.05) is 0 Å². The van der Waals surface area contributed by atoms with Crippen LogP contribution in [0, 0.1) is 12.3 Å². The molecule has 0 saturated carbocycles. The minimum Gasteiger partial charge on any atom is -0.368 e. The molecular weight excluding hydrogens is 244 g/mol. The van der Waals surface area contributed by atoms with Gasteiger partial charge in [0.15, 0.2) is 6.04 Å². The molecule has 1 amide bonds. The largest absolute Gasteiger partial charge is 0.368 e. The lowest BCUT2D eigenvalue weighted by Crippen LogP contribution is -2.38. The van der Waals surface area contributed by atoms with Crippen LogP contribution in [0.5, 0.6) is 0 Å². The molecule has 1 aromatic rings. The quantitative estimate of drug-likeness (QED) is 0.477. The Morgan fingerprint density at radius 3 is 2.53 bits per heavy atom. The maximum atomic E-state index is 11.9. The Morgan fingerprint density at radius 2 is 2.00 bits per heavy atom. The minimum absolute atomic E-state index is 0.419. The summed E-state index contributed by atoms with van der Waals surface area (Å²) in [6.45, 7) is 3.63. The first-order valence-electron chi connectivity index (χ1n) is 5.69. The van der Waals surface area contributed by atoms with Crippen LogP contribution in [-0.2, 0) is 4.79 Å². The van der Waals surface area contributed by atoms with E-state index in [9.17, 15) is 4.79 Å². The highest BCUT2D eigenvalue weighted by Gasteiger charge is 2.35. The summed E-state index contributed by atoms with van der Waals surface area (Å²) < 4.78 is 0. The lowest BCUT2D eigenvalue weighted by Gasteiger charge is -2.08. The van der Waals surface area contributed by atoms with Crippen molar-refractivity contribution in [1.29, 1.82) is 5.41 Å². The molecule has 19 heavy (non-hydrogen) atoms. The van der Waals surface area contributed by atoms with Gasteiger partial charge in [0.1, 0.15) is 0 Å². The fraction of sp³-hybridized carbons (Fsp3) is 0.250. The standard InChI is InChI=1S/C12H14N6O/c1-7-3-5-9(6-4-7)15-16-10-8(2)17-18(11(10)19)12(13)14/h3-6,10H,1-2H3,(H3,13,14). The molecule has 0 bridgehead atoms. The number of hydrazone groups is 1. The second-order valence-electron chi connectivity index (χ2n) is 4.23. The number of benzene rings is 1. The highest BCUT2D eigenvalue weighted by molar-refractivity contribution is 6.15.